The summed E-state index contributed by atoms with van der Waals surface area (Å²) in [6.07, 6.45) is -1.46. The number of nitrogens with one attached hydrogen (secondary N) is 2. The second-order valence-electron chi connectivity index (χ2n) is 7.75. The Kier molecular flexibility index (Phi) is 12.8. The van der Waals surface area contributed by atoms with Gasteiger partial charge in [0.25, 0.3) is 5.91 Å². The third-order valence-corrected chi connectivity index (χ3v) is 6.19. The highest BCUT2D eigenvalue weighted by atomic mass is 79.9. The van der Waals surface area contributed by atoms with Gasteiger partial charge >= 0.3 is 6.03 Å². The molecule has 0 radical (unpaired) electrons. The number of nitrogens with zero attached hydrogens (tertiary/aromatic N) is 2. The van der Waals surface area contributed by atoms with Crippen LogP contribution in [0.3, 0.4) is 0 Å². The molecule has 2 rings (SSSR count). The summed E-state index contributed by atoms with van der Waals surface area (Å²) in [6, 6.07) is 1.27. The summed E-state index contributed by atoms with van der Waals surface area (Å²) in [6.45, 7) is 0.366. The van der Waals surface area contributed by atoms with Crippen molar-refractivity contribution in [2.45, 2.75) is 19.1 Å². The highest BCUT2D eigenvalue weighted by Crippen LogP contribution is 2.31. The van der Waals surface area contributed by atoms with Gasteiger partial charge in [-0.1, -0.05) is 15.9 Å². The first kappa shape index (κ1) is 31.3. The van der Waals surface area contributed by atoms with Crippen molar-refractivity contribution < 1.29 is 42.5 Å². The van der Waals surface area contributed by atoms with Crippen molar-refractivity contribution in [1.29, 1.82) is 0 Å². The smallest absolute Gasteiger partial charge is 0.320 e. The van der Waals surface area contributed by atoms with E-state index >= 15 is 0 Å². The van der Waals surface area contributed by atoms with Crippen molar-refractivity contribution in [1.82, 2.24) is 14.6 Å². The monoisotopic (exact) mass is 623 g/mol. The fourth-order valence-electron chi connectivity index (χ4n) is 3.05. The van der Waals surface area contributed by atoms with Crippen LogP contribution in [0.5, 0.6) is 5.88 Å². The van der Waals surface area contributed by atoms with Crippen LogP contribution < -0.4 is 21.1 Å². The zero-order chi connectivity index (χ0) is 28.2. The maximum absolute atomic E-state index is 14.1. The zero-order valence-corrected chi connectivity index (χ0v) is 23.0. The highest BCUT2D eigenvalue weighted by Gasteiger charge is 2.24. The van der Waals surface area contributed by atoms with Gasteiger partial charge in [0.15, 0.2) is 0 Å². The lowest BCUT2D eigenvalue weighted by Gasteiger charge is -2.23. The van der Waals surface area contributed by atoms with E-state index in [0.717, 1.165) is 12.1 Å². The number of hydrogen-bond acceptors (Lipinski definition) is 9. The van der Waals surface area contributed by atoms with Gasteiger partial charge in [0.2, 0.25) is 11.8 Å². The molecule has 5 N–H and O–H groups in total. The number of benzene rings is 1. The Morgan fingerprint density at radius 3 is 2.34 bits per heavy atom. The van der Waals surface area contributed by atoms with Crippen molar-refractivity contribution >= 4 is 50.3 Å². The van der Waals surface area contributed by atoms with E-state index in [9.17, 15) is 28.3 Å². The van der Waals surface area contributed by atoms with Gasteiger partial charge in [0.05, 0.1) is 31.3 Å². The Labute approximate surface area is 229 Å². The average molecular weight is 624 g/mol. The van der Waals surface area contributed by atoms with Crippen LogP contribution in [0.25, 0.3) is 0 Å². The first-order valence-corrected chi connectivity index (χ1v) is 12.7. The number of hydrogen-bond donors (Lipinski definition) is 4. The van der Waals surface area contributed by atoms with E-state index in [1.165, 1.54) is 19.1 Å². The van der Waals surface area contributed by atoms with Crippen LogP contribution in [-0.4, -0.2) is 85.4 Å². The topological polar surface area (TPSA) is 165 Å². The molecule has 1 aromatic carbocycles. The van der Waals surface area contributed by atoms with E-state index < -0.39 is 41.8 Å². The van der Waals surface area contributed by atoms with Crippen LogP contribution in [-0.2, 0) is 20.9 Å². The van der Waals surface area contributed by atoms with Crippen molar-refractivity contribution in [2.24, 2.45) is 5.73 Å². The molecule has 0 aliphatic heterocycles. The summed E-state index contributed by atoms with van der Waals surface area (Å²) in [4.78, 5) is 38.2. The number of ether oxygens (including phenoxy) is 3. The molecule has 0 aliphatic rings. The summed E-state index contributed by atoms with van der Waals surface area (Å²) < 4.78 is 47.5. The SMILES string of the molecule is COCCN(CCOC)C(=O)CC(O)CNC(=O)Nc1snc(OCc2c(F)cc(Br)cc2F)c1C(N)=O. The Bertz CT molecular complexity index is 1090. The number of rotatable bonds is 15. The molecule has 0 aliphatic carbocycles. The second kappa shape index (κ2) is 15.5. The Morgan fingerprint density at radius 1 is 1.18 bits per heavy atom. The molecule has 12 nitrogen and oxygen atoms in total. The van der Waals surface area contributed by atoms with Crippen LogP contribution in [0.4, 0.5) is 18.6 Å². The molecular formula is C22H28BrF2N5O7S. The van der Waals surface area contributed by atoms with E-state index in [-0.39, 0.29) is 39.8 Å². The number of halogens is 3. The number of amides is 4. The lowest BCUT2D eigenvalue weighted by molar-refractivity contribution is -0.134. The predicted octanol–water partition coefficient (Wildman–Crippen LogP) is 1.86. The van der Waals surface area contributed by atoms with E-state index in [0.29, 0.717) is 37.8 Å². The third kappa shape index (κ3) is 9.43. The largest absolute Gasteiger partial charge is 0.471 e. The van der Waals surface area contributed by atoms with Crippen molar-refractivity contribution in [3.05, 3.63) is 39.4 Å². The van der Waals surface area contributed by atoms with E-state index in [1.54, 1.807) is 0 Å². The fraction of sp³-hybridized carbons (Fsp3) is 0.455. The molecule has 16 heteroatoms. The minimum Gasteiger partial charge on any atom is -0.471 e. The number of primary amides is 1. The summed E-state index contributed by atoms with van der Waals surface area (Å²) in [5, 5.41) is 14.9. The number of anilines is 1. The van der Waals surface area contributed by atoms with Gasteiger partial charge in [-0.2, -0.15) is 4.37 Å². The molecule has 0 saturated heterocycles. The molecule has 0 saturated carbocycles. The maximum atomic E-state index is 14.1. The van der Waals surface area contributed by atoms with Crippen LogP contribution >= 0.6 is 27.5 Å². The van der Waals surface area contributed by atoms with Gasteiger partial charge in [-0.15, -0.1) is 0 Å². The lowest BCUT2D eigenvalue weighted by atomic mass is 10.2. The first-order chi connectivity index (χ1) is 18.1. The quantitative estimate of drug-likeness (QED) is 0.233. The zero-order valence-electron chi connectivity index (χ0n) is 20.6. The molecule has 0 fully saturated rings. The number of aliphatic hydroxyl groups excluding tert-OH is 1. The Hall–Kier alpha value is -2.92. The molecule has 210 valence electrons. The van der Waals surface area contributed by atoms with Gasteiger partial charge in [0, 0.05) is 38.3 Å². The summed E-state index contributed by atoms with van der Waals surface area (Å²) >= 11 is 3.63. The first-order valence-electron chi connectivity index (χ1n) is 11.1. The second-order valence-corrected chi connectivity index (χ2v) is 9.44. The predicted molar refractivity (Wildman–Crippen MR) is 137 cm³/mol. The molecule has 38 heavy (non-hydrogen) atoms. The summed E-state index contributed by atoms with van der Waals surface area (Å²) in [5.41, 5.74) is 4.69. The minimum absolute atomic E-state index is 0.0855. The van der Waals surface area contributed by atoms with E-state index in [4.69, 9.17) is 19.9 Å². The van der Waals surface area contributed by atoms with Crippen molar-refractivity contribution in [3.63, 3.8) is 0 Å². The van der Waals surface area contributed by atoms with Crippen LogP contribution in [0.15, 0.2) is 16.6 Å². The number of carbonyl (C=O) groups is 3. The average Bonchev–Trinajstić information content (AvgIpc) is 3.24. The maximum Gasteiger partial charge on any atom is 0.320 e. The fourth-order valence-corrected chi connectivity index (χ4v) is 4.19. The van der Waals surface area contributed by atoms with Crippen molar-refractivity contribution in [2.75, 3.05) is 52.4 Å². The van der Waals surface area contributed by atoms with Gasteiger partial charge in [-0.25, -0.2) is 13.6 Å². The Balaban J connectivity index is 1.95. The standard InChI is InChI=1S/C22H28BrF2N5O7S/c1-35-5-3-30(4-6-36-2)17(32)9-13(31)10-27-22(34)28-21-18(19(26)33)20(29-38-21)37-11-14-15(24)7-12(23)8-16(14)25/h7-8,13,31H,3-6,9-11H2,1-2H3,(H2,26,33)(H2,27,28,34). The normalized spacial score (nSPS) is 11.6. The summed E-state index contributed by atoms with van der Waals surface area (Å²) in [5.74, 6) is -3.42. The van der Waals surface area contributed by atoms with Gasteiger partial charge in [-0.3, -0.25) is 14.9 Å². The van der Waals surface area contributed by atoms with Gasteiger partial charge < -0.3 is 35.3 Å². The molecule has 0 spiro atoms. The molecule has 1 aromatic heterocycles. The highest BCUT2D eigenvalue weighted by molar-refractivity contribution is 9.10. The molecule has 1 heterocycles. The number of urea groups is 1. The van der Waals surface area contributed by atoms with Crippen LogP contribution in [0, 0.1) is 11.6 Å². The van der Waals surface area contributed by atoms with E-state index in [2.05, 4.69) is 30.9 Å². The Morgan fingerprint density at radius 2 is 1.79 bits per heavy atom. The van der Waals surface area contributed by atoms with Gasteiger partial charge in [-0.05, 0) is 23.7 Å². The summed E-state index contributed by atoms with van der Waals surface area (Å²) in [7, 11) is 3.00. The van der Waals surface area contributed by atoms with Crippen LogP contribution in [0.1, 0.15) is 22.3 Å². The number of aromatic nitrogens is 1. The molecule has 4 amide bonds. The molecule has 1 unspecified atom stereocenters. The van der Waals surface area contributed by atoms with Crippen molar-refractivity contribution in [3.8, 4) is 5.88 Å². The number of nitrogens with two attached hydrogens (primary N) is 1. The number of methoxy groups -OCH3 is 2. The molecule has 0 bridgehead atoms. The minimum atomic E-state index is -1.20. The molecule has 2 aromatic rings. The molecular weight excluding hydrogens is 596 g/mol. The lowest BCUT2D eigenvalue weighted by Crippen LogP contribution is -2.41. The van der Waals surface area contributed by atoms with Gasteiger partial charge in [0.1, 0.15) is 28.8 Å². The van der Waals surface area contributed by atoms with E-state index in [1.807, 2.05) is 0 Å². The van der Waals surface area contributed by atoms with Crippen LogP contribution in [0.2, 0.25) is 0 Å². The number of carbonyl (C=O) groups excluding carboxylic acids is 3. The molecule has 1 atom stereocenters. The number of aliphatic hydroxyl groups is 1. The third-order valence-electron chi connectivity index (χ3n) is 4.99.